The summed E-state index contributed by atoms with van der Waals surface area (Å²) in [6, 6.07) is 18.4. The number of hydrogen-bond acceptors (Lipinski definition) is 7. The molecule has 3 rings (SSSR count). The summed E-state index contributed by atoms with van der Waals surface area (Å²) in [5, 5.41) is 12.5. The van der Waals surface area contributed by atoms with E-state index in [1.807, 2.05) is 43.3 Å². The molecular weight excluding hydrogens is 440 g/mol. The number of amides is 1. The smallest absolute Gasteiger partial charge is 0.340 e. The molecule has 0 unspecified atom stereocenters. The van der Waals surface area contributed by atoms with Crippen molar-refractivity contribution in [2.75, 3.05) is 19.5 Å². The van der Waals surface area contributed by atoms with E-state index in [2.05, 4.69) is 5.32 Å². The second kappa shape index (κ2) is 11.0. The second-order valence-electron chi connectivity index (χ2n) is 6.90. The van der Waals surface area contributed by atoms with Crippen molar-refractivity contribution in [3.63, 3.8) is 0 Å². The van der Waals surface area contributed by atoms with Crippen LogP contribution >= 0.6 is 11.3 Å². The molecule has 0 aliphatic rings. The van der Waals surface area contributed by atoms with Gasteiger partial charge >= 0.3 is 5.97 Å². The topological polar surface area (TPSA) is 97.7 Å². The molecule has 0 aliphatic heterocycles. The third-order valence-electron chi connectivity index (χ3n) is 4.59. The Hall–Kier alpha value is -4.09. The number of nitrogens with one attached hydrogen (secondary N) is 1. The van der Waals surface area contributed by atoms with Crippen molar-refractivity contribution in [3.05, 3.63) is 81.7 Å². The van der Waals surface area contributed by atoms with Gasteiger partial charge in [0.1, 0.15) is 23.3 Å². The molecule has 0 fully saturated rings. The van der Waals surface area contributed by atoms with Crippen LogP contribution in [0.5, 0.6) is 11.5 Å². The molecule has 3 aromatic rings. The summed E-state index contributed by atoms with van der Waals surface area (Å²) in [6.45, 7) is 2.18. The van der Waals surface area contributed by atoms with Crippen LogP contribution in [0.2, 0.25) is 0 Å². The molecule has 0 aliphatic carbocycles. The number of anilines is 1. The molecule has 33 heavy (non-hydrogen) atoms. The third-order valence-corrected chi connectivity index (χ3v) is 5.55. The van der Waals surface area contributed by atoms with Gasteiger partial charge in [-0.3, -0.25) is 4.79 Å². The van der Waals surface area contributed by atoms with Crippen LogP contribution in [0.25, 0.3) is 6.08 Å². The average molecular weight is 463 g/mol. The average Bonchev–Trinajstić information content (AvgIpc) is 3.21. The number of rotatable bonds is 8. The first-order chi connectivity index (χ1) is 15.9. The summed E-state index contributed by atoms with van der Waals surface area (Å²) < 4.78 is 16.0. The molecule has 1 amide bonds. The molecule has 0 spiro atoms. The molecule has 1 aromatic heterocycles. The zero-order valence-corrected chi connectivity index (χ0v) is 19.2. The Morgan fingerprint density at radius 2 is 1.85 bits per heavy atom. The number of ether oxygens (including phenoxy) is 3. The number of hydrogen-bond donors (Lipinski definition) is 1. The van der Waals surface area contributed by atoms with Gasteiger partial charge in [-0.05, 0) is 42.3 Å². The molecule has 1 N–H and O–H groups in total. The van der Waals surface area contributed by atoms with Crippen LogP contribution in [0.1, 0.15) is 26.4 Å². The Balaban J connectivity index is 1.78. The number of thiophene rings is 1. The quantitative estimate of drug-likeness (QED) is 0.288. The number of benzene rings is 2. The first-order valence-electron chi connectivity index (χ1n) is 9.91. The Bertz CT molecular complexity index is 1230. The SMILES string of the molecule is COC(=O)c1cc(C)sc1NC(=O)/C(C#N)=C/c1ccc(OCc2ccccc2)c(OC)c1. The molecule has 0 atom stereocenters. The molecule has 0 bridgehead atoms. The van der Waals surface area contributed by atoms with Crippen molar-refractivity contribution in [3.8, 4) is 17.6 Å². The van der Waals surface area contributed by atoms with Gasteiger partial charge in [-0.25, -0.2) is 4.79 Å². The van der Waals surface area contributed by atoms with Crippen LogP contribution in [0.15, 0.2) is 60.2 Å². The van der Waals surface area contributed by atoms with E-state index >= 15 is 0 Å². The van der Waals surface area contributed by atoms with E-state index in [4.69, 9.17) is 14.2 Å². The lowest BCUT2D eigenvalue weighted by atomic mass is 10.1. The highest BCUT2D eigenvalue weighted by atomic mass is 32.1. The normalized spacial score (nSPS) is 10.8. The molecule has 0 radical (unpaired) electrons. The van der Waals surface area contributed by atoms with Crippen molar-refractivity contribution in [2.45, 2.75) is 13.5 Å². The number of nitrogens with zero attached hydrogens (tertiary/aromatic N) is 1. The predicted molar refractivity (Wildman–Crippen MR) is 126 cm³/mol. The maximum atomic E-state index is 12.7. The number of aryl methyl sites for hydroxylation is 1. The minimum atomic E-state index is -0.632. The van der Waals surface area contributed by atoms with Gasteiger partial charge in [-0.1, -0.05) is 36.4 Å². The van der Waals surface area contributed by atoms with Gasteiger partial charge in [0.15, 0.2) is 11.5 Å². The molecule has 2 aromatic carbocycles. The maximum absolute atomic E-state index is 12.7. The van der Waals surface area contributed by atoms with Gasteiger partial charge in [0, 0.05) is 4.88 Å². The number of carbonyl (C=O) groups excluding carboxylic acids is 2. The van der Waals surface area contributed by atoms with E-state index in [1.165, 1.54) is 31.6 Å². The minimum Gasteiger partial charge on any atom is -0.493 e. The molecule has 8 heteroatoms. The van der Waals surface area contributed by atoms with Crippen LogP contribution < -0.4 is 14.8 Å². The van der Waals surface area contributed by atoms with Gasteiger partial charge in [0.25, 0.3) is 5.91 Å². The van der Waals surface area contributed by atoms with Crippen LogP contribution in [0, 0.1) is 18.3 Å². The molecule has 0 saturated carbocycles. The minimum absolute atomic E-state index is 0.128. The zero-order chi connectivity index (χ0) is 23.8. The lowest BCUT2D eigenvalue weighted by molar-refractivity contribution is -0.112. The molecule has 0 saturated heterocycles. The summed E-state index contributed by atoms with van der Waals surface area (Å²) in [5.74, 6) is -0.182. The largest absolute Gasteiger partial charge is 0.493 e. The van der Waals surface area contributed by atoms with Crippen molar-refractivity contribution >= 4 is 34.3 Å². The number of nitriles is 1. The summed E-state index contributed by atoms with van der Waals surface area (Å²) in [5.41, 5.74) is 1.72. The fourth-order valence-corrected chi connectivity index (χ4v) is 3.88. The molecule has 7 nitrogen and oxygen atoms in total. The zero-order valence-electron chi connectivity index (χ0n) is 18.4. The fraction of sp³-hybridized carbons (Fsp3) is 0.160. The van der Waals surface area contributed by atoms with Crippen LogP contribution in [-0.2, 0) is 16.1 Å². The van der Waals surface area contributed by atoms with E-state index in [0.717, 1.165) is 10.4 Å². The second-order valence-corrected chi connectivity index (χ2v) is 8.16. The summed E-state index contributed by atoms with van der Waals surface area (Å²) in [7, 11) is 2.78. The highest BCUT2D eigenvalue weighted by molar-refractivity contribution is 7.16. The van der Waals surface area contributed by atoms with Crippen molar-refractivity contribution < 1.29 is 23.8 Å². The summed E-state index contributed by atoms with van der Waals surface area (Å²) in [6.07, 6.45) is 1.44. The fourth-order valence-electron chi connectivity index (χ4n) is 2.98. The monoisotopic (exact) mass is 462 g/mol. The molecule has 1 heterocycles. The van der Waals surface area contributed by atoms with Crippen LogP contribution in [0.4, 0.5) is 5.00 Å². The van der Waals surface area contributed by atoms with Crippen molar-refractivity contribution in [1.82, 2.24) is 0 Å². The molecular formula is C25H22N2O5S. The predicted octanol–water partition coefficient (Wildman–Crippen LogP) is 4.98. The Kier molecular flexibility index (Phi) is 7.84. The van der Waals surface area contributed by atoms with E-state index < -0.39 is 11.9 Å². The highest BCUT2D eigenvalue weighted by Crippen LogP contribution is 2.31. The Morgan fingerprint density at radius 3 is 2.52 bits per heavy atom. The van der Waals surface area contributed by atoms with E-state index in [9.17, 15) is 14.9 Å². The van der Waals surface area contributed by atoms with Gasteiger partial charge < -0.3 is 19.5 Å². The lowest BCUT2D eigenvalue weighted by Gasteiger charge is -2.11. The van der Waals surface area contributed by atoms with Crippen molar-refractivity contribution in [2.24, 2.45) is 0 Å². The van der Waals surface area contributed by atoms with Gasteiger partial charge in [-0.15, -0.1) is 11.3 Å². The standard InChI is InChI=1S/C25H22N2O5S/c1-16-11-20(25(29)31-3)24(33-16)27-23(28)19(14-26)12-18-9-10-21(22(13-18)30-2)32-15-17-7-5-4-6-8-17/h4-13H,15H2,1-3H3,(H,27,28)/b19-12+. The number of carbonyl (C=O) groups is 2. The van der Waals surface area contributed by atoms with E-state index in [0.29, 0.717) is 28.7 Å². The van der Waals surface area contributed by atoms with E-state index in [1.54, 1.807) is 24.3 Å². The first-order valence-corrected chi connectivity index (χ1v) is 10.7. The van der Waals surface area contributed by atoms with Gasteiger partial charge in [-0.2, -0.15) is 5.26 Å². The molecule has 168 valence electrons. The lowest BCUT2D eigenvalue weighted by Crippen LogP contribution is -2.15. The van der Waals surface area contributed by atoms with Gasteiger partial charge in [0.2, 0.25) is 0 Å². The van der Waals surface area contributed by atoms with E-state index in [-0.39, 0.29) is 11.1 Å². The Labute approximate surface area is 195 Å². The van der Waals surface area contributed by atoms with Gasteiger partial charge in [0.05, 0.1) is 19.8 Å². The summed E-state index contributed by atoms with van der Waals surface area (Å²) >= 11 is 1.23. The highest BCUT2D eigenvalue weighted by Gasteiger charge is 2.19. The van der Waals surface area contributed by atoms with Crippen LogP contribution in [-0.4, -0.2) is 26.1 Å². The maximum Gasteiger partial charge on any atom is 0.340 e. The number of esters is 1. The third kappa shape index (κ3) is 5.99. The first kappa shape index (κ1) is 23.6. The number of methoxy groups -OCH3 is 2. The Morgan fingerprint density at radius 1 is 1.09 bits per heavy atom. The summed E-state index contributed by atoms with van der Waals surface area (Å²) in [4.78, 5) is 25.5. The van der Waals surface area contributed by atoms with Crippen molar-refractivity contribution in [1.29, 1.82) is 5.26 Å². The van der Waals surface area contributed by atoms with Crippen LogP contribution in [0.3, 0.4) is 0 Å².